The SMILES string of the molecule is CNC(=O)c1cc(-c2ccc(Cl)c(CN)c2)n(Cc2ccc(C)cc2)n1. The molecule has 0 unspecified atom stereocenters. The number of aryl methyl sites for hydroxylation is 1. The van der Waals surface area contributed by atoms with Crippen molar-refractivity contribution in [1.29, 1.82) is 0 Å². The summed E-state index contributed by atoms with van der Waals surface area (Å²) in [6.45, 7) is 2.96. The monoisotopic (exact) mass is 368 g/mol. The smallest absolute Gasteiger partial charge is 0.271 e. The predicted octanol–water partition coefficient (Wildman–Crippen LogP) is 3.38. The number of aromatic nitrogens is 2. The van der Waals surface area contributed by atoms with Crippen LogP contribution in [0.4, 0.5) is 0 Å². The van der Waals surface area contributed by atoms with E-state index in [-0.39, 0.29) is 5.91 Å². The molecule has 0 radical (unpaired) electrons. The maximum atomic E-state index is 12.1. The van der Waals surface area contributed by atoms with Crippen molar-refractivity contribution in [1.82, 2.24) is 15.1 Å². The number of carbonyl (C=O) groups is 1. The van der Waals surface area contributed by atoms with Crippen molar-refractivity contribution in [2.24, 2.45) is 5.73 Å². The summed E-state index contributed by atoms with van der Waals surface area (Å²) in [5.41, 5.74) is 11.1. The van der Waals surface area contributed by atoms with Crippen molar-refractivity contribution in [2.75, 3.05) is 7.05 Å². The van der Waals surface area contributed by atoms with Crippen molar-refractivity contribution in [3.63, 3.8) is 0 Å². The molecule has 0 aliphatic rings. The molecule has 3 rings (SSSR count). The lowest BCUT2D eigenvalue weighted by Crippen LogP contribution is -2.18. The molecule has 0 aliphatic heterocycles. The number of carbonyl (C=O) groups excluding carboxylic acids is 1. The summed E-state index contributed by atoms with van der Waals surface area (Å²) in [5.74, 6) is -0.220. The molecule has 26 heavy (non-hydrogen) atoms. The van der Waals surface area contributed by atoms with Gasteiger partial charge in [0.15, 0.2) is 5.69 Å². The Morgan fingerprint density at radius 2 is 1.92 bits per heavy atom. The maximum Gasteiger partial charge on any atom is 0.271 e. The fraction of sp³-hybridized carbons (Fsp3) is 0.200. The van der Waals surface area contributed by atoms with Crippen molar-refractivity contribution in [3.05, 3.63) is 75.9 Å². The number of hydrogen-bond acceptors (Lipinski definition) is 3. The molecule has 134 valence electrons. The van der Waals surface area contributed by atoms with Crippen LogP contribution in [-0.2, 0) is 13.1 Å². The highest BCUT2D eigenvalue weighted by molar-refractivity contribution is 6.31. The van der Waals surface area contributed by atoms with Crippen molar-refractivity contribution in [3.8, 4) is 11.3 Å². The van der Waals surface area contributed by atoms with E-state index in [0.29, 0.717) is 23.8 Å². The van der Waals surface area contributed by atoms with Gasteiger partial charge >= 0.3 is 0 Å². The van der Waals surface area contributed by atoms with Crippen LogP contribution in [-0.4, -0.2) is 22.7 Å². The first-order valence-electron chi connectivity index (χ1n) is 8.36. The van der Waals surface area contributed by atoms with Crippen LogP contribution in [0.2, 0.25) is 5.02 Å². The third-order valence-corrected chi connectivity index (χ3v) is 4.62. The van der Waals surface area contributed by atoms with Gasteiger partial charge in [0.1, 0.15) is 0 Å². The molecule has 2 aromatic carbocycles. The van der Waals surface area contributed by atoms with Gasteiger partial charge in [-0.3, -0.25) is 9.48 Å². The van der Waals surface area contributed by atoms with E-state index in [4.69, 9.17) is 17.3 Å². The van der Waals surface area contributed by atoms with Crippen LogP contribution in [0.1, 0.15) is 27.2 Å². The second-order valence-electron chi connectivity index (χ2n) is 6.15. The van der Waals surface area contributed by atoms with Gasteiger partial charge in [-0.05, 0) is 36.2 Å². The fourth-order valence-corrected chi connectivity index (χ4v) is 2.96. The minimum atomic E-state index is -0.220. The first-order chi connectivity index (χ1) is 12.5. The second-order valence-corrected chi connectivity index (χ2v) is 6.55. The predicted molar refractivity (Wildman–Crippen MR) is 104 cm³/mol. The van der Waals surface area contributed by atoms with Gasteiger partial charge in [-0.15, -0.1) is 0 Å². The summed E-state index contributed by atoms with van der Waals surface area (Å²) in [6.07, 6.45) is 0. The molecule has 0 saturated heterocycles. The Morgan fingerprint density at radius 3 is 2.58 bits per heavy atom. The van der Waals surface area contributed by atoms with Crippen LogP contribution in [0.25, 0.3) is 11.3 Å². The highest BCUT2D eigenvalue weighted by Gasteiger charge is 2.16. The Bertz CT molecular complexity index is 931. The third kappa shape index (κ3) is 3.79. The van der Waals surface area contributed by atoms with Gasteiger partial charge in [-0.25, -0.2) is 0 Å². The van der Waals surface area contributed by atoms with Crippen LogP contribution in [0, 0.1) is 6.92 Å². The second kappa shape index (κ2) is 7.72. The molecule has 6 heteroatoms. The largest absolute Gasteiger partial charge is 0.354 e. The Labute approximate surface area is 157 Å². The molecule has 1 heterocycles. The lowest BCUT2D eigenvalue weighted by Gasteiger charge is -2.10. The number of amides is 1. The van der Waals surface area contributed by atoms with Crippen molar-refractivity contribution >= 4 is 17.5 Å². The quantitative estimate of drug-likeness (QED) is 0.725. The summed E-state index contributed by atoms with van der Waals surface area (Å²) in [6, 6.07) is 15.7. The molecule has 0 fully saturated rings. The zero-order chi connectivity index (χ0) is 18.7. The van der Waals surface area contributed by atoms with E-state index in [0.717, 1.165) is 22.4 Å². The van der Waals surface area contributed by atoms with Crippen LogP contribution >= 0.6 is 11.6 Å². The normalized spacial score (nSPS) is 10.8. The lowest BCUT2D eigenvalue weighted by molar-refractivity contribution is 0.0957. The maximum absolute atomic E-state index is 12.1. The zero-order valence-corrected chi connectivity index (χ0v) is 15.5. The Hall–Kier alpha value is -2.63. The van der Waals surface area contributed by atoms with Gasteiger partial charge in [0.05, 0.1) is 12.2 Å². The molecule has 1 amide bonds. The van der Waals surface area contributed by atoms with Gasteiger partial charge in [0, 0.05) is 24.2 Å². The van der Waals surface area contributed by atoms with Crippen LogP contribution in [0.15, 0.2) is 48.5 Å². The lowest BCUT2D eigenvalue weighted by atomic mass is 10.1. The summed E-state index contributed by atoms with van der Waals surface area (Å²) in [4.78, 5) is 12.1. The van der Waals surface area contributed by atoms with E-state index < -0.39 is 0 Å². The molecule has 0 bridgehead atoms. The molecule has 5 nitrogen and oxygen atoms in total. The number of benzene rings is 2. The van der Waals surface area contributed by atoms with Gasteiger partial charge in [0.25, 0.3) is 5.91 Å². The zero-order valence-electron chi connectivity index (χ0n) is 14.8. The highest BCUT2D eigenvalue weighted by Crippen LogP contribution is 2.26. The van der Waals surface area contributed by atoms with Gasteiger partial charge in [0.2, 0.25) is 0 Å². The van der Waals surface area contributed by atoms with Gasteiger partial charge < -0.3 is 11.1 Å². The number of halogens is 1. The molecular weight excluding hydrogens is 348 g/mol. The first-order valence-corrected chi connectivity index (χ1v) is 8.74. The molecule has 0 atom stereocenters. The van der Waals surface area contributed by atoms with Crippen molar-refractivity contribution in [2.45, 2.75) is 20.0 Å². The summed E-state index contributed by atoms with van der Waals surface area (Å²) >= 11 is 6.18. The first kappa shape index (κ1) is 18.2. The fourth-order valence-electron chi connectivity index (χ4n) is 2.77. The highest BCUT2D eigenvalue weighted by atomic mass is 35.5. The van der Waals surface area contributed by atoms with E-state index in [1.54, 1.807) is 13.1 Å². The van der Waals surface area contributed by atoms with Crippen LogP contribution in [0.3, 0.4) is 0 Å². The molecule has 1 aromatic heterocycles. The minimum absolute atomic E-state index is 0.220. The molecule has 3 aromatic rings. The average molecular weight is 369 g/mol. The van der Waals surface area contributed by atoms with Gasteiger partial charge in [-0.2, -0.15) is 5.10 Å². The number of nitrogens with one attached hydrogen (secondary N) is 1. The Balaban J connectivity index is 2.06. The van der Waals surface area contributed by atoms with Crippen LogP contribution in [0.5, 0.6) is 0 Å². The molecule has 0 spiro atoms. The molecule has 0 aliphatic carbocycles. The van der Waals surface area contributed by atoms with E-state index in [2.05, 4.69) is 41.6 Å². The van der Waals surface area contributed by atoms with Crippen molar-refractivity contribution < 1.29 is 4.79 Å². The standard InChI is InChI=1S/C20H21ClN4O/c1-13-3-5-14(6-4-13)12-25-19(10-18(24-25)20(26)23-2)15-7-8-17(21)16(9-15)11-22/h3-10H,11-12,22H2,1-2H3,(H,23,26). The van der Waals surface area contributed by atoms with E-state index in [9.17, 15) is 4.79 Å². The summed E-state index contributed by atoms with van der Waals surface area (Å²) in [5, 5.41) is 7.75. The van der Waals surface area contributed by atoms with E-state index in [1.807, 2.05) is 22.9 Å². The molecule has 3 N–H and O–H groups in total. The third-order valence-electron chi connectivity index (χ3n) is 4.25. The average Bonchev–Trinajstić information content (AvgIpc) is 3.07. The molecule has 0 saturated carbocycles. The number of hydrogen-bond donors (Lipinski definition) is 2. The topological polar surface area (TPSA) is 72.9 Å². The van der Waals surface area contributed by atoms with Gasteiger partial charge in [-0.1, -0.05) is 47.5 Å². The Kier molecular flexibility index (Phi) is 5.40. The van der Waals surface area contributed by atoms with Crippen LogP contribution < -0.4 is 11.1 Å². The van der Waals surface area contributed by atoms with E-state index >= 15 is 0 Å². The number of nitrogens with zero attached hydrogens (tertiary/aromatic N) is 2. The number of rotatable bonds is 5. The summed E-state index contributed by atoms with van der Waals surface area (Å²) < 4.78 is 1.83. The van der Waals surface area contributed by atoms with E-state index in [1.165, 1.54) is 5.56 Å². The molecular formula is C20H21ClN4O. The number of nitrogens with two attached hydrogens (primary N) is 1. The Morgan fingerprint density at radius 1 is 1.19 bits per heavy atom. The summed E-state index contributed by atoms with van der Waals surface area (Å²) in [7, 11) is 1.59. The minimum Gasteiger partial charge on any atom is -0.354 e.